The van der Waals surface area contributed by atoms with Gasteiger partial charge in [0.15, 0.2) is 0 Å². The fourth-order valence-electron chi connectivity index (χ4n) is 5.91. The van der Waals surface area contributed by atoms with Crippen LogP contribution < -0.4 is 4.90 Å². The van der Waals surface area contributed by atoms with E-state index in [0.29, 0.717) is 11.3 Å². The molecule has 2 aliphatic heterocycles. The van der Waals surface area contributed by atoms with E-state index in [1.807, 2.05) is 51.1 Å². The second-order valence-corrected chi connectivity index (χ2v) is 9.75. The molecule has 2 saturated heterocycles. The van der Waals surface area contributed by atoms with E-state index in [-0.39, 0.29) is 11.1 Å². The van der Waals surface area contributed by atoms with Crippen molar-refractivity contribution < 1.29 is 23.9 Å². The number of aryl methyl sites for hydroxylation is 3. The minimum Gasteiger partial charge on any atom is -0.349 e. The van der Waals surface area contributed by atoms with Gasteiger partial charge in [0.05, 0.1) is 23.6 Å². The Hall–Kier alpha value is -3.90. The molecule has 0 N–H and O–H groups in total. The summed E-state index contributed by atoms with van der Waals surface area (Å²) < 4.78 is 6.31. The highest BCUT2D eigenvalue weighted by Gasteiger charge is 2.74. The zero-order valence-electron chi connectivity index (χ0n) is 19.6. The first-order valence-corrected chi connectivity index (χ1v) is 11.6. The lowest BCUT2D eigenvalue weighted by Gasteiger charge is -2.27. The van der Waals surface area contributed by atoms with Crippen molar-refractivity contribution in [1.82, 2.24) is 0 Å². The predicted octanol–water partition coefficient (Wildman–Crippen LogP) is 4.31. The topological polar surface area (TPSA) is 80.8 Å². The van der Waals surface area contributed by atoms with E-state index >= 15 is 0 Å². The van der Waals surface area contributed by atoms with Crippen LogP contribution in [0.5, 0.6) is 0 Å². The number of Topliss-reactive ketones (excluding diaryl/α,β-unsaturated/α-hetero) is 2. The van der Waals surface area contributed by atoms with Crippen LogP contribution in [0, 0.1) is 32.6 Å². The number of nitrogens with zero attached hydrogens (tertiary/aromatic N) is 1. The molecule has 2 fully saturated rings. The van der Waals surface area contributed by atoms with E-state index in [0.717, 1.165) is 21.6 Å². The number of ether oxygens (including phenoxy) is 1. The first-order valence-electron chi connectivity index (χ1n) is 11.6. The summed E-state index contributed by atoms with van der Waals surface area (Å²) in [5, 5.41) is 0. The molecule has 35 heavy (non-hydrogen) atoms. The van der Waals surface area contributed by atoms with Crippen LogP contribution in [0.2, 0.25) is 0 Å². The molecule has 3 atom stereocenters. The number of rotatable bonds is 2. The van der Waals surface area contributed by atoms with Gasteiger partial charge < -0.3 is 4.74 Å². The Labute approximate surface area is 202 Å². The zero-order chi connectivity index (χ0) is 24.6. The molecule has 1 spiro atoms. The standard InChI is InChI=1S/C29H23NO5/c1-15-8-10-18(11-9-15)24-22-23(28(34)30(27(22)33)19-13-16(2)12-17(3)14-19)29(35-24)25(31)20-6-4-5-7-21(20)26(29)32/h4-14,22-24H,1-3H3/t22-,23-,24+/m0/s1. The second-order valence-electron chi connectivity index (χ2n) is 9.75. The monoisotopic (exact) mass is 465 g/mol. The molecule has 6 nitrogen and oxygen atoms in total. The Bertz CT molecular complexity index is 1400. The minimum absolute atomic E-state index is 0.228. The molecule has 3 aromatic rings. The number of ketones is 2. The Balaban J connectivity index is 1.55. The number of imide groups is 1. The summed E-state index contributed by atoms with van der Waals surface area (Å²) in [7, 11) is 0. The highest BCUT2D eigenvalue weighted by Crippen LogP contribution is 2.57. The van der Waals surface area contributed by atoms with Crippen LogP contribution in [0.4, 0.5) is 5.69 Å². The molecular weight excluding hydrogens is 442 g/mol. The number of anilines is 1. The fourth-order valence-corrected chi connectivity index (χ4v) is 5.91. The maximum absolute atomic E-state index is 14.0. The molecule has 3 aliphatic rings. The molecule has 3 aromatic carbocycles. The van der Waals surface area contributed by atoms with E-state index < -0.39 is 46.9 Å². The molecule has 0 bridgehead atoms. The lowest BCUT2D eigenvalue weighted by molar-refractivity contribution is -0.127. The SMILES string of the molecule is Cc1ccc([C@H]2OC3(C(=O)c4ccccc4C3=O)[C@@H]3C(=O)N(c4cc(C)cc(C)c4)C(=O)[C@H]23)cc1. The molecule has 6 heteroatoms. The normalized spacial score (nSPS) is 24.4. The van der Waals surface area contributed by atoms with Gasteiger partial charge in [0.25, 0.3) is 0 Å². The molecule has 174 valence electrons. The Morgan fingerprint density at radius 3 is 1.86 bits per heavy atom. The highest BCUT2D eigenvalue weighted by molar-refractivity contribution is 6.37. The van der Waals surface area contributed by atoms with Gasteiger partial charge in [-0.3, -0.25) is 19.2 Å². The van der Waals surface area contributed by atoms with Crippen molar-refractivity contribution in [2.45, 2.75) is 32.5 Å². The fraction of sp³-hybridized carbons (Fsp3) is 0.241. The van der Waals surface area contributed by atoms with Crippen molar-refractivity contribution in [3.8, 4) is 0 Å². The zero-order valence-corrected chi connectivity index (χ0v) is 19.6. The van der Waals surface area contributed by atoms with Gasteiger partial charge in [0.2, 0.25) is 29.0 Å². The summed E-state index contributed by atoms with van der Waals surface area (Å²) in [6.45, 7) is 5.72. The lowest BCUT2D eigenvalue weighted by Crippen LogP contribution is -2.51. The molecule has 1 aliphatic carbocycles. The van der Waals surface area contributed by atoms with E-state index in [1.54, 1.807) is 36.4 Å². The summed E-state index contributed by atoms with van der Waals surface area (Å²) in [5.74, 6) is -4.36. The maximum atomic E-state index is 14.0. The average Bonchev–Trinajstić information content (AvgIpc) is 3.39. The van der Waals surface area contributed by atoms with Crippen molar-refractivity contribution >= 4 is 29.1 Å². The van der Waals surface area contributed by atoms with E-state index in [9.17, 15) is 19.2 Å². The summed E-state index contributed by atoms with van der Waals surface area (Å²) >= 11 is 0. The molecule has 0 aromatic heterocycles. The summed E-state index contributed by atoms with van der Waals surface area (Å²) in [5.41, 5.74) is 2.33. The van der Waals surface area contributed by atoms with Crippen LogP contribution in [-0.4, -0.2) is 29.0 Å². The third-order valence-electron chi connectivity index (χ3n) is 7.39. The van der Waals surface area contributed by atoms with Crippen LogP contribution in [-0.2, 0) is 14.3 Å². The number of hydrogen-bond donors (Lipinski definition) is 0. The van der Waals surface area contributed by atoms with Crippen LogP contribution in [0.15, 0.2) is 66.7 Å². The van der Waals surface area contributed by atoms with Crippen LogP contribution in [0.3, 0.4) is 0 Å². The van der Waals surface area contributed by atoms with Crippen LogP contribution >= 0.6 is 0 Å². The smallest absolute Gasteiger partial charge is 0.241 e. The highest BCUT2D eigenvalue weighted by atomic mass is 16.5. The van der Waals surface area contributed by atoms with Crippen LogP contribution in [0.25, 0.3) is 0 Å². The first-order chi connectivity index (χ1) is 16.7. The largest absolute Gasteiger partial charge is 0.349 e. The third-order valence-corrected chi connectivity index (χ3v) is 7.39. The molecular formula is C29H23NO5. The predicted molar refractivity (Wildman–Crippen MR) is 128 cm³/mol. The third kappa shape index (κ3) is 2.80. The Kier molecular flexibility index (Phi) is 4.51. The number of carbonyl (C=O) groups excluding carboxylic acids is 4. The maximum Gasteiger partial charge on any atom is 0.241 e. The van der Waals surface area contributed by atoms with E-state index in [2.05, 4.69) is 0 Å². The van der Waals surface area contributed by atoms with Gasteiger partial charge in [-0.1, -0.05) is 60.2 Å². The molecule has 0 unspecified atom stereocenters. The summed E-state index contributed by atoms with van der Waals surface area (Å²) in [4.78, 5) is 56.6. The lowest BCUT2D eigenvalue weighted by atomic mass is 9.77. The number of fused-ring (bicyclic) bond motifs is 3. The number of amides is 2. The van der Waals surface area contributed by atoms with Gasteiger partial charge in [-0.2, -0.15) is 0 Å². The summed E-state index contributed by atoms with van der Waals surface area (Å²) in [6, 6.07) is 19.4. The minimum atomic E-state index is -2.05. The van der Waals surface area contributed by atoms with Crippen molar-refractivity contribution in [2.24, 2.45) is 11.8 Å². The molecule has 2 heterocycles. The van der Waals surface area contributed by atoms with Crippen LogP contribution in [0.1, 0.15) is 49.1 Å². The van der Waals surface area contributed by atoms with Gasteiger partial charge in [-0.15, -0.1) is 0 Å². The first kappa shape index (κ1) is 21.6. The summed E-state index contributed by atoms with van der Waals surface area (Å²) in [6.07, 6.45) is -0.907. The van der Waals surface area contributed by atoms with Gasteiger partial charge in [-0.25, -0.2) is 4.90 Å². The van der Waals surface area contributed by atoms with E-state index in [1.165, 1.54) is 0 Å². The average molecular weight is 466 g/mol. The van der Waals surface area contributed by atoms with Crippen molar-refractivity contribution in [3.05, 3.63) is 100 Å². The van der Waals surface area contributed by atoms with Gasteiger partial charge in [0.1, 0.15) is 0 Å². The second kappa shape index (κ2) is 7.30. The van der Waals surface area contributed by atoms with Crippen molar-refractivity contribution in [1.29, 1.82) is 0 Å². The quantitative estimate of drug-likeness (QED) is 0.416. The molecule has 6 rings (SSSR count). The Morgan fingerprint density at radius 1 is 0.714 bits per heavy atom. The van der Waals surface area contributed by atoms with Crippen molar-refractivity contribution in [3.63, 3.8) is 0 Å². The number of hydrogen-bond acceptors (Lipinski definition) is 5. The van der Waals surface area contributed by atoms with Gasteiger partial charge in [-0.05, 0) is 49.6 Å². The van der Waals surface area contributed by atoms with Gasteiger partial charge >= 0.3 is 0 Å². The number of benzene rings is 3. The van der Waals surface area contributed by atoms with Crippen molar-refractivity contribution in [2.75, 3.05) is 4.90 Å². The van der Waals surface area contributed by atoms with Gasteiger partial charge in [0, 0.05) is 11.1 Å². The molecule has 2 amide bonds. The molecule has 0 saturated carbocycles. The number of carbonyl (C=O) groups is 4. The van der Waals surface area contributed by atoms with E-state index in [4.69, 9.17) is 4.74 Å². The Morgan fingerprint density at radius 2 is 1.29 bits per heavy atom. The molecule has 0 radical (unpaired) electrons.